The van der Waals surface area contributed by atoms with Crippen LogP contribution in [0.5, 0.6) is 0 Å². The van der Waals surface area contributed by atoms with Gasteiger partial charge in [0.1, 0.15) is 0 Å². The fraction of sp³-hybridized carbons (Fsp3) is 0.889. The molecule has 3 N–H and O–H groups in total. The van der Waals surface area contributed by atoms with E-state index < -0.39 is 5.51 Å². The van der Waals surface area contributed by atoms with Crippen LogP contribution >= 0.6 is 24.2 Å². The van der Waals surface area contributed by atoms with Gasteiger partial charge in [0.2, 0.25) is 5.91 Å². The highest BCUT2D eigenvalue weighted by atomic mass is 35.5. The fourth-order valence-electron chi connectivity index (χ4n) is 1.74. The van der Waals surface area contributed by atoms with Crippen LogP contribution in [0.25, 0.3) is 0 Å². The molecule has 1 rings (SSSR count). The van der Waals surface area contributed by atoms with Crippen molar-refractivity contribution in [2.75, 3.05) is 12.3 Å². The van der Waals surface area contributed by atoms with Gasteiger partial charge in [-0.3, -0.25) is 4.79 Å². The zero-order chi connectivity index (χ0) is 12.2. The predicted octanol–water partition coefficient (Wildman–Crippen LogP) is 1.90. The van der Waals surface area contributed by atoms with E-state index >= 15 is 0 Å². The summed E-state index contributed by atoms with van der Waals surface area (Å²) in [6, 6.07) is 0.0558. The summed E-state index contributed by atoms with van der Waals surface area (Å²) in [6.07, 6.45) is 2.19. The van der Waals surface area contributed by atoms with Crippen LogP contribution in [0, 0.1) is 5.92 Å². The molecular weight excluding hydrogens is 277 g/mol. The number of rotatable bonds is 4. The molecule has 2 unspecified atom stereocenters. The predicted molar refractivity (Wildman–Crippen MR) is 64.1 cm³/mol. The second-order valence-electron chi connectivity index (χ2n) is 3.86. The van der Waals surface area contributed by atoms with Crippen molar-refractivity contribution in [3.05, 3.63) is 0 Å². The summed E-state index contributed by atoms with van der Waals surface area (Å²) < 4.78 is 35.3. The Morgan fingerprint density at radius 3 is 2.53 bits per heavy atom. The number of nitrogens with two attached hydrogens (primary N) is 1. The highest BCUT2D eigenvalue weighted by Gasteiger charge is 2.29. The third-order valence-electron chi connectivity index (χ3n) is 2.51. The molecule has 2 atom stereocenters. The molecule has 0 aromatic rings. The van der Waals surface area contributed by atoms with Crippen LogP contribution in [0.4, 0.5) is 13.2 Å². The second kappa shape index (κ2) is 7.33. The number of hydrogen-bond donors (Lipinski definition) is 2. The smallest absolute Gasteiger partial charge is 0.355 e. The van der Waals surface area contributed by atoms with E-state index in [0.29, 0.717) is 6.42 Å². The molecule has 0 heterocycles. The zero-order valence-electron chi connectivity index (χ0n) is 9.13. The van der Waals surface area contributed by atoms with E-state index in [1.165, 1.54) is 0 Å². The number of alkyl halides is 3. The van der Waals surface area contributed by atoms with E-state index in [0.717, 1.165) is 12.8 Å². The molecule has 0 saturated heterocycles. The second-order valence-corrected chi connectivity index (χ2v) is 5.02. The standard InChI is InChI=1S/C9H15F3N2OS.ClH/c10-9(11,12)16-4-3-14-8(15)6-1-2-7(13)5-6;/h6-7H,1-5,13H2,(H,14,15);1H. The first-order valence-electron chi connectivity index (χ1n) is 5.12. The van der Waals surface area contributed by atoms with Crippen molar-refractivity contribution in [1.82, 2.24) is 5.32 Å². The van der Waals surface area contributed by atoms with Crippen molar-refractivity contribution in [3.63, 3.8) is 0 Å². The number of amides is 1. The lowest BCUT2D eigenvalue weighted by molar-refractivity contribution is -0.124. The molecule has 1 amide bonds. The van der Waals surface area contributed by atoms with Crippen molar-refractivity contribution in [1.29, 1.82) is 0 Å². The van der Waals surface area contributed by atoms with Crippen LogP contribution in [0.3, 0.4) is 0 Å². The van der Waals surface area contributed by atoms with Gasteiger partial charge in [0.05, 0.1) is 0 Å². The molecule has 1 aliphatic carbocycles. The Labute approximate surface area is 108 Å². The molecule has 1 fully saturated rings. The average molecular weight is 293 g/mol. The number of halogens is 4. The van der Waals surface area contributed by atoms with Gasteiger partial charge < -0.3 is 11.1 Å². The molecule has 0 bridgehead atoms. The summed E-state index contributed by atoms with van der Waals surface area (Å²) in [7, 11) is 0. The maximum atomic E-state index is 11.8. The third kappa shape index (κ3) is 7.00. The molecule has 0 radical (unpaired) electrons. The van der Waals surface area contributed by atoms with Crippen molar-refractivity contribution in [2.45, 2.75) is 30.8 Å². The van der Waals surface area contributed by atoms with E-state index in [1.807, 2.05) is 0 Å². The first-order chi connectivity index (χ1) is 7.38. The lowest BCUT2D eigenvalue weighted by atomic mass is 10.1. The van der Waals surface area contributed by atoms with Crippen molar-refractivity contribution in [2.24, 2.45) is 11.7 Å². The molecule has 8 heteroatoms. The summed E-state index contributed by atoms with van der Waals surface area (Å²) in [6.45, 7) is 0.0503. The Kier molecular flexibility index (Phi) is 7.27. The molecule has 17 heavy (non-hydrogen) atoms. The molecule has 0 spiro atoms. The highest BCUT2D eigenvalue weighted by Crippen LogP contribution is 2.29. The molecular formula is C9H16ClF3N2OS. The van der Waals surface area contributed by atoms with E-state index in [1.54, 1.807) is 0 Å². The topological polar surface area (TPSA) is 55.1 Å². The highest BCUT2D eigenvalue weighted by molar-refractivity contribution is 8.00. The van der Waals surface area contributed by atoms with Crippen LogP contribution < -0.4 is 11.1 Å². The summed E-state index contributed by atoms with van der Waals surface area (Å²) in [5, 5.41) is 2.50. The van der Waals surface area contributed by atoms with Gasteiger partial charge in [0, 0.05) is 24.3 Å². The minimum absolute atomic E-state index is 0. The van der Waals surface area contributed by atoms with Gasteiger partial charge in [-0.2, -0.15) is 13.2 Å². The Bertz CT molecular complexity index is 253. The lowest BCUT2D eigenvalue weighted by Crippen LogP contribution is -2.32. The van der Waals surface area contributed by atoms with Crippen molar-refractivity contribution >= 4 is 30.1 Å². The van der Waals surface area contributed by atoms with Crippen LogP contribution in [-0.2, 0) is 4.79 Å². The van der Waals surface area contributed by atoms with Gasteiger partial charge in [0.25, 0.3) is 0 Å². The van der Waals surface area contributed by atoms with Gasteiger partial charge in [0.15, 0.2) is 0 Å². The maximum absolute atomic E-state index is 11.8. The molecule has 0 aromatic heterocycles. The van der Waals surface area contributed by atoms with Gasteiger partial charge >= 0.3 is 5.51 Å². The Morgan fingerprint density at radius 1 is 1.41 bits per heavy atom. The first kappa shape index (κ1) is 16.9. The zero-order valence-corrected chi connectivity index (χ0v) is 10.8. The number of nitrogens with one attached hydrogen (secondary N) is 1. The normalized spacial score (nSPS) is 24.2. The van der Waals surface area contributed by atoms with Gasteiger partial charge in [-0.25, -0.2) is 0 Å². The summed E-state index contributed by atoms with van der Waals surface area (Å²) in [4.78, 5) is 11.5. The molecule has 0 aliphatic heterocycles. The molecule has 1 aliphatic rings. The lowest BCUT2D eigenvalue weighted by Gasteiger charge is -2.11. The summed E-state index contributed by atoms with van der Waals surface area (Å²) in [5.41, 5.74) is 1.42. The van der Waals surface area contributed by atoms with E-state index in [9.17, 15) is 18.0 Å². The quantitative estimate of drug-likeness (QED) is 0.778. The number of carbonyl (C=O) groups excluding carboxylic acids is 1. The van der Waals surface area contributed by atoms with Gasteiger partial charge in [-0.05, 0) is 31.0 Å². The Hall–Kier alpha value is -0.140. The van der Waals surface area contributed by atoms with Crippen LogP contribution in [-0.4, -0.2) is 29.8 Å². The van der Waals surface area contributed by atoms with Gasteiger partial charge in [-0.1, -0.05) is 0 Å². The minimum atomic E-state index is -4.22. The summed E-state index contributed by atoms with van der Waals surface area (Å²) >= 11 is -0.121. The largest absolute Gasteiger partial charge is 0.441 e. The van der Waals surface area contributed by atoms with Crippen molar-refractivity contribution in [3.8, 4) is 0 Å². The van der Waals surface area contributed by atoms with E-state index in [2.05, 4.69) is 5.32 Å². The third-order valence-corrected chi connectivity index (χ3v) is 3.25. The van der Waals surface area contributed by atoms with Crippen molar-refractivity contribution < 1.29 is 18.0 Å². The van der Waals surface area contributed by atoms with Gasteiger partial charge in [-0.15, -0.1) is 12.4 Å². The van der Waals surface area contributed by atoms with Crippen LogP contribution in [0.15, 0.2) is 0 Å². The van der Waals surface area contributed by atoms with Crippen LogP contribution in [0.2, 0.25) is 0 Å². The minimum Gasteiger partial charge on any atom is -0.355 e. The molecule has 1 saturated carbocycles. The SMILES string of the molecule is Cl.NC1CCC(C(=O)NCCSC(F)(F)F)C1. The maximum Gasteiger partial charge on any atom is 0.441 e. The molecule has 3 nitrogen and oxygen atoms in total. The van der Waals surface area contributed by atoms with E-state index in [4.69, 9.17) is 5.73 Å². The fourth-order valence-corrected chi connectivity index (χ4v) is 2.18. The summed E-state index contributed by atoms with van der Waals surface area (Å²) in [5.74, 6) is -0.435. The molecule has 0 aromatic carbocycles. The van der Waals surface area contributed by atoms with E-state index in [-0.39, 0.29) is 54.3 Å². The Morgan fingerprint density at radius 2 is 2.06 bits per heavy atom. The number of hydrogen-bond acceptors (Lipinski definition) is 3. The number of carbonyl (C=O) groups is 1. The van der Waals surface area contributed by atoms with Crippen LogP contribution in [0.1, 0.15) is 19.3 Å². The monoisotopic (exact) mass is 292 g/mol. The first-order valence-corrected chi connectivity index (χ1v) is 6.11. The molecule has 102 valence electrons. The number of thioether (sulfide) groups is 1. The average Bonchev–Trinajstić information content (AvgIpc) is 2.57. The Balaban J connectivity index is 0.00000256.